The minimum Gasteiger partial charge on any atom is -0.324 e. The Morgan fingerprint density at radius 1 is 1.11 bits per heavy atom. The Morgan fingerprint density at radius 3 is 1.79 bits per heavy atom. The van der Waals surface area contributed by atoms with Crippen LogP contribution in [0.3, 0.4) is 0 Å². The molecule has 0 unspecified atom stereocenters. The molecule has 0 saturated heterocycles. The van der Waals surface area contributed by atoms with Crippen LogP contribution >= 0.6 is 7.60 Å². The van der Waals surface area contributed by atoms with Crippen LogP contribution in [0.25, 0.3) is 0 Å². The molecule has 0 fully saturated rings. The fourth-order valence-corrected chi connectivity index (χ4v) is 4.19. The highest BCUT2D eigenvalue weighted by atomic mass is 32.2. The summed E-state index contributed by atoms with van der Waals surface area (Å²) in [6.07, 6.45) is 1.66. The molecule has 0 spiro atoms. The predicted octanol–water partition coefficient (Wildman–Crippen LogP) is 2.28. The minimum absolute atomic E-state index is 0.142. The van der Waals surface area contributed by atoms with Crippen LogP contribution in [-0.2, 0) is 19.6 Å². The van der Waals surface area contributed by atoms with Gasteiger partial charge in [0.05, 0.1) is 10.1 Å². The number of benzene rings is 1. The summed E-state index contributed by atoms with van der Waals surface area (Å²) in [7, 11) is -7.64. The molecule has 1 aromatic carbocycles. The maximum atomic E-state index is 11.8. The van der Waals surface area contributed by atoms with Crippen LogP contribution in [0.15, 0.2) is 29.2 Å². The van der Waals surface area contributed by atoms with Crippen molar-refractivity contribution in [2.24, 2.45) is 0 Å². The molecular formula is C12H19O5PS. The number of hydrogen-bond donors (Lipinski definition) is 2. The first-order valence-electron chi connectivity index (χ1n) is 5.94. The maximum absolute atomic E-state index is 11.8. The van der Waals surface area contributed by atoms with Crippen LogP contribution in [0.2, 0.25) is 0 Å². The molecule has 0 saturated carbocycles. The van der Waals surface area contributed by atoms with E-state index in [1.807, 2.05) is 0 Å². The zero-order valence-corrected chi connectivity index (χ0v) is 12.9. The van der Waals surface area contributed by atoms with Crippen molar-refractivity contribution in [3.8, 4) is 0 Å². The SMILES string of the molecule is CCC(CC)(c1ccc(S(C)(=O)=O)cc1)P(=O)(O)O. The highest BCUT2D eigenvalue weighted by Crippen LogP contribution is 2.60. The summed E-state index contributed by atoms with van der Waals surface area (Å²) in [6, 6.07) is 5.76. The average molecular weight is 306 g/mol. The Kier molecular flexibility index (Phi) is 4.62. The molecule has 2 N–H and O–H groups in total. The highest BCUT2D eigenvalue weighted by molar-refractivity contribution is 7.90. The third-order valence-corrected chi connectivity index (χ3v) is 6.68. The Labute approximate surface area is 113 Å². The second kappa shape index (κ2) is 5.37. The molecule has 0 atom stereocenters. The fourth-order valence-electron chi connectivity index (χ4n) is 2.25. The lowest BCUT2D eigenvalue weighted by Gasteiger charge is -2.32. The van der Waals surface area contributed by atoms with Gasteiger partial charge in [0.1, 0.15) is 0 Å². The first kappa shape index (κ1) is 16.4. The summed E-state index contributed by atoms with van der Waals surface area (Å²) < 4.78 is 34.5. The van der Waals surface area contributed by atoms with Gasteiger partial charge in [-0.05, 0) is 30.5 Å². The van der Waals surface area contributed by atoms with Crippen molar-refractivity contribution in [2.45, 2.75) is 36.7 Å². The molecule has 0 aliphatic rings. The van der Waals surface area contributed by atoms with Crippen LogP contribution in [0.1, 0.15) is 32.3 Å². The Morgan fingerprint density at radius 2 is 1.53 bits per heavy atom. The number of rotatable bonds is 5. The van der Waals surface area contributed by atoms with E-state index in [0.717, 1.165) is 6.26 Å². The van der Waals surface area contributed by atoms with E-state index in [-0.39, 0.29) is 17.7 Å². The smallest absolute Gasteiger partial charge is 0.324 e. The first-order chi connectivity index (χ1) is 8.58. The zero-order chi connectivity index (χ0) is 14.9. The summed E-state index contributed by atoms with van der Waals surface area (Å²) in [5.74, 6) is 0. The zero-order valence-electron chi connectivity index (χ0n) is 11.2. The predicted molar refractivity (Wildman–Crippen MR) is 73.9 cm³/mol. The minimum atomic E-state index is -4.33. The van der Waals surface area contributed by atoms with E-state index in [2.05, 4.69) is 0 Å². The van der Waals surface area contributed by atoms with Crippen LogP contribution in [0, 0.1) is 0 Å². The van der Waals surface area contributed by atoms with E-state index in [9.17, 15) is 22.8 Å². The van der Waals surface area contributed by atoms with Gasteiger partial charge in [0, 0.05) is 6.26 Å². The topological polar surface area (TPSA) is 91.7 Å². The Balaban J connectivity index is 3.39. The van der Waals surface area contributed by atoms with E-state index in [4.69, 9.17) is 0 Å². The molecule has 0 aromatic heterocycles. The molecule has 0 bridgehead atoms. The van der Waals surface area contributed by atoms with Crippen LogP contribution < -0.4 is 0 Å². The lowest BCUT2D eigenvalue weighted by Crippen LogP contribution is -2.24. The summed E-state index contributed by atoms with van der Waals surface area (Å²) >= 11 is 0. The van der Waals surface area contributed by atoms with Crippen molar-refractivity contribution in [1.29, 1.82) is 0 Å². The van der Waals surface area contributed by atoms with Crippen molar-refractivity contribution >= 4 is 17.4 Å². The maximum Gasteiger partial charge on any atom is 0.335 e. The van der Waals surface area contributed by atoms with Crippen molar-refractivity contribution < 1.29 is 22.8 Å². The molecule has 0 amide bonds. The summed E-state index contributed by atoms with van der Waals surface area (Å²) in [5.41, 5.74) is 0.471. The average Bonchev–Trinajstić information content (AvgIpc) is 2.29. The fraction of sp³-hybridized carbons (Fsp3) is 0.500. The molecule has 1 rings (SSSR count). The standard InChI is InChI=1S/C12H19O5PS/c1-4-12(5-2,18(13,14)15)10-6-8-11(9-7-10)19(3,16)17/h6-9H,4-5H2,1-3H3,(H2,13,14,15). The van der Waals surface area contributed by atoms with Gasteiger partial charge < -0.3 is 9.79 Å². The van der Waals surface area contributed by atoms with Gasteiger partial charge in [0.2, 0.25) is 0 Å². The molecule has 0 aliphatic heterocycles. The second-order valence-corrected chi connectivity index (χ2v) is 8.54. The number of sulfone groups is 1. The van der Waals surface area contributed by atoms with Gasteiger partial charge in [-0.15, -0.1) is 0 Å². The number of hydrogen-bond acceptors (Lipinski definition) is 3. The third-order valence-electron chi connectivity index (χ3n) is 3.55. The lowest BCUT2D eigenvalue weighted by atomic mass is 9.93. The van der Waals surface area contributed by atoms with Crippen molar-refractivity contribution in [3.05, 3.63) is 29.8 Å². The second-order valence-electron chi connectivity index (χ2n) is 4.58. The molecule has 7 heteroatoms. The third kappa shape index (κ3) is 3.08. The van der Waals surface area contributed by atoms with Gasteiger partial charge in [-0.25, -0.2) is 8.42 Å². The van der Waals surface area contributed by atoms with Crippen molar-refractivity contribution in [3.63, 3.8) is 0 Å². The van der Waals surface area contributed by atoms with Crippen LogP contribution in [0.5, 0.6) is 0 Å². The van der Waals surface area contributed by atoms with E-state index in [1.165, 1.54) is 24.3 Å². The van der Waals surface area contributed by atoms with Gasteiger partial charge in [-0.2, -0.15) is 0 Å². The quantitative estimate of drug-likeness (QED) is 0.814. The molecule has 0 radical (unpaired) electrons. The van der Waals surface area contributed by atoms with Crippen LogP contribution in [-0.4, -0.2) is 24.5 Å². The van der Waals surface area contributed by atoms with Crippen molar-refractivity contribution in [1.82, 2.24) is 0 Å². The molecule has 108 valence electrons. The normalized spacial score (nSPS) is 13.5. The van der Waals surface area contributed by atoms with Crippen LogP contribution in [0.4, 0.5) is 0 Å². The van der Waals surface area contributed by atoms with Gasteiger partial charge in [0.25, 0.3) is 0 Å². The highest BCUT2D eigenvalue weighted by Gasteiger charge is 2.45. The van der Waals surface area contributed by atoms with Crippen molar-refractivity contribution in [2.75, 3.05) is 6.26 Å². The van der Waals surface area contributed by atoms with Gasteiger partial charge >= 0.3 is 7.60 Å². The van der Waals surface area contributed by atoms with E-state index in [1.54, 1.807) is 13.8 Å². The van der Waals surface area contributed by atoms with E-state index < -0.39 is 22.6 Å². The largest absolute Gasteiger partial charge is 0.335 e. The van der Waals surface area contributed by atoms with Gasteiger partial charge in [0.15, 0.2) is 9.84 Å². The molecule has 1 aromatic rings. The summed E-state index contributed by atoms with van der Waals surface area (Å²) in [4.78, 5) is 19.3. The molecule has 0 heterocycles. The molecule has 19 heavy (non-hydrogen) atoms. The summed E-state index contributed by atoms with van der Waals surface area (Å²) in [6.45, 7) is 3.43. The van der Waals surface area contributed by atoms with E-state index >= 15 is 0 Å². The summed E-state index contributed by atoms with van der Waals surface area (Å²) in [5, 5.41) is -1.25. The first-order valence-corrected chi connectivity index (χ1v) is 9.45. The van der Waals surface area contributed by atoms with Gasteiger partial charge in [-0.1, -0.05) is 26.0 Å². The van der Waals surface area contributed by atoms with E-state index in [0.29, 0.717) is 5.56 Å². The molecule has 0 aliphatic carbocycles. The Hall–Kier alpha value is -0.680. The Bertz CT molecular complexity index is 581. The molecule has 5 nitrogen and oxygen atoms in total. The molecular weight excluding hydrogens is 287 g/mol. The van der Waals surface area contributed by atoms with Gasteiger partial charge in [-0.3, -0.25) is 4.57 Å². The monoisotopic (exact) mass is 306 g/mol. The lowest BCUT2D eigenvalue weighted by molar-refractivity contribution is 0.315.